The molecule has 0 spiro atoms. The van der Waals surface area contributed by atoms with Crippen molar-refractivity contribution in [2.75, 3.05) is 0 Å². The van der Waals surface area contributed by atoms with Crippen molar-refractivity contribution in [2.45, 2.75) is 6.92 Å². The van der Waals surface area contributed by atoms with E-state index < -0.39 is 0 Å². The van der Waals surface area contributed by atoms with E-state index in [0.717, 1.165) is 22.4 Å². The number of hydrogen-bond donors (Lipinski definition) is 0. The molecule has 0 unspecified atom stereocenters. The molecule has 4 aromatic rings. The van der Waals surface area contributed by atoms with E-state index in [2.05, 4.69) is 9.97 Å². The molecule has 122 valence electrons. The first kappa shape index (κ1) is 15.5. The zero-order chi connectivity index (χ0) is 17.4. The second-order valence-corrected chi connectivity index (χ2v) is 6.24. The first-order valence-electron chi connectivity index (χ1n) is 7.82. The van der Waals surface area contributed by atoms with Gasteiger partial charge in [-0.1, -0.05) is 17.7 Å². The van der Waals surface area contributed by atoms with Gasteiger partial charge in [-0.25, -0.2) is 4.98 Å². The summed E-state index contributed by atoms with van der Waals surface area (Å²) >= 11 is 6.40. The van der Waals surface area contributed by atoms with E-state index in [0.29, 0.717) is 16.1 Å². The Morgan fingerprint density at radius 1 is 1.00 bits per heavy atom. The Morgan fingerprint density at radius 2 is 1.80 bits per heavy atom. The van der Waals surface area contributed by atoms with Gasteiger partial charge in [-0.15, -0.1) is 0 Å². The van der Waals surface area contributed by atoms with Crippen LogP contribution in [0.1, 0.15) is 5.56 Å². The molecule has 0 N–H and O–H groups in total. The van der Waals surface area contributed by atoms with Gasteiger partial charge in [0.15, 0.2) is 0 Å². The third kappa shape index (κ3) is 2.81. The monoisotopic (exact) mass is 347 g/mol. The second-order valence-electron chi connectivity index (χ2n) is 5.83. The number of rotatable bonds is 2. The number of fused-ring (bicyclic) bond motifs is 1. The summed E-state index contributed by atoms with van der Waals surface area (Å²) in [4.78, 5) is 20.7. The lowest BCUT2D eigenvalue weighted by Gasteiger charge is -2.14. The summed E-state index contributed by atoms with van der Waals surface area (Å²) in [5, 5.41) is 0.616. The van der Waals surface area contributed by atoms with Crippen LogP contribution in [0.5, 0.6) is 0 Å². The van der Waals surface area contributed by atoms with Crippen LogP contribution < -0.4 is 5.43 Å². The van der Waals surface area contributed by atoms with Crippen LogP contribution in [0.3, 0.4) is 0 Å². The Kier molecular flexibility index (Phi) is 3.82. The minimum absolute atomic E-state index is 0.115. The molecule has 1 aromatic carbocycles. The van der Waals surface area contributed by atoms with Gasteiger partial charge in [-0.05, 0) is 48.4 Å². The van der Waals surface area contributed by atoms with Crippen molar-refractivity contribution in [3.63, 3.8) is 0 Å². The normalized spacial score (nSPS) is 11.0. The van der Waals surface area contributed by atoms with E-state index in [9.17, 15) is 4.79 Å². The van der Waals surface area contributed by atoms with Crippen molar-refractivity contribution >= 4 is 22.6 Å². The minimum atomic E-state index is -0.115. The average Bonchev–Trinajstić information content (AvgIpc) is 2.65. The SMILES string of the molecule is Cc1ccc(Cl)c(-n2ccc(=O)c3ncc(-c4ccncc4)cc32)c1. The van der Waals surface area contributed by atoms with Gasteiger partial charge >= 0.3 is 0 Å². The van der Waals surface area contributed by atoms with E-state index in [1.165, 1.54) is 6.07 Å². The molecule has 3 aromatic heterocycles. The quantitative estimate of drug-likeness (QED) is 0.539. The van der Waals surface area contributed by atoms with Gasteiger partial charge in [0.1, 0.15) is 5.52 Å². The van der Waals surface area contributed by atoms with Gasteiger partial charge in [0.05, 0.1) is 16.2 Å². The zero-order valence-corrected chi connectivity index (χ0v) is 14.2. The molecule has 4 rings (SSSR count). The molecule has 0 aliphatic carbocycles. The average molecular weight is 348 g/mol. The standard InChI is InChI=1S/C20H14ClN3O/c1-13-2-3-16(21)17(10-13)24-9-6-19(25)20-18(24)11-15(12-23-20)14-4-7-22-8-5-14/h2-12H,1H3. The lowest BCUT2D eigenvalue weighted by Crippen LogP contribution is -2.09. The highest BCUT2D eigenvalue weighted by Crippen LogP contribution is 2.26. The fourth-order valence-electron chi connectivity index (χ4n) is 2.85. The molecule has 0 saturated heterocycles. The molecule has 0 aliphatic rings. The molecule has 0 amide bonds. The highest BCUT2D eigenvalue weighted by molar-refractivity contribution is 6.32. The van der Waals surface area contributed by atoms with Crippen molar-refractivity contribution in [1.29, 1.82) is 0 Å². The number of hydrogen-bond acceptors (Lipinski definition) is 3. The van der Waals surface area contributed by atoms with E-state index >= 15 is 0 Å². The third-order valence-electron chi connectivity index (χ3n) is 4.11. The molecular formula is C20H14ClN3O. The van der Waals surface area contributed by atoms with Crippen LogP contribution in [-0.4, -0.2) is 14.5 Å². The molecule has 0 atom stereocenters. The lowest BCUT2D eigenvalue weighted by atomic mass is 10.1. The fourth-order valence-corrected chi connectivity index (χ4v) is 3.06. The van der Waals surface area contributed by atoms with E-state index in [-0.39, 0.29) is 5.43 Å². The molecule has 3 heterocycles. The summed E-state index contributed by atoms with van der Waals surface area (Å²) in [5.41, 5.74) is 4.83. The molecule has 0 aliphatic heterocycles. The van der Waals surface area contributed by atoms with Crippen molar-refractivity contribution in [3.05, 3.63) is 88.1 Å². The predicted octanol–water partition coefficient (Wildman–Crippen LogP) is 4.41. The minimum Gasteiger partial charge on any atom is -0.313 e. The van der Waals surface area contributed by atoms with Crippen LogP contribution in [0.4, 0.5) is 0 Å². The molecule has 0 radical (unpaired) electrons. The first-order valence-corrected chi connectivity index (χ1v) is 8.19. The van der Waals surface area contributed by atoms with Gasteiger partial charge in [-0.3, -0.25) is 9.78 Å². The Bertz CT molecular complexity index is 1140. The number of aryl methyl sites for hydroxylation is 1. The van der Waals surface area contributed by atoms with Crippen molar-refractivity contribution in [3.8, 4) is 16.8 Å². The summed E-state index contributed by atoms with van der Waals surface area (Å²) in [5.74, 6) is 0. The molecule has 0 saturated carbocycles. The van der Waals surface area contributed by atoms with Gasteiger partial charge < -0.3 is 4.57 Å². The Balaban J connectivity index is 2.03. The number of aromatic nitrogens is 3. The summed E-state index contributed by atoms with van der Waals surface area (Å²) in [7, 11) is 0. The zero-order valence-electron chi connectivity index (χ0n) is 13.5. The molecule has 0 fully saturated rings. The summed E-state index contributed by atoms with van der Waals surface area (Å²) in [6.07, 6.45) is 6.91. The Labute approximate surface area is 149 Å². The summed E-state index contributed by atoms with van der Waals surface area (Å²) in [6, 6.07) is 13.1. The maximum atomic E-state index is 12.2. The summed E-state index contributed by atoms with van der Waals surface area (Å²) in [6.45, 7) is 2.01. The maximum Gasteiger partial charge on any atom is 0.207 e. The third-order valence-corrected chi connectivity index (χ3v) is 4.43. The number of nitrogens with zero attached hydrogens (tertiary/aromatic N) is 3. The molecule has 0 bridgehead atoms. The smallest absolute Gasteiger partial charge is 0.207 e. The van der Waals surface area contributed by atoms with Gasteiger partial charge in [0.25, 0.3) is 0 Å². The largest absolute Gasteiger partial charge is 0.313 e. The fraction of sp³-hybridized carbons (Fsp3) is 0.0500. The van der Waals surface area contributed by atoms with Crippen LogP contribution in [-0.2, 0) is 0 Å². The molecule has 25 heavy (non-hydrogen) atoms. The molecular weight excluding hydrogens is 334 g/mol. The number of pyridine rings is 3. The van der Waals surface area contributed by atoms with Crippen LogP contribution in [0, 0.1) is 6.92 Å². The lowest BCUT2D eigenvalue weighted by molar-refractivity contribution is 1.09. The van der Waals surface area contributed by atoms with Gasteiger partial charge in [0, 0.05) is 36.4 Å². The predicted molar refractivity (Wildman–Crippen MR) is 100 cm³/mol. The number of halogens is 1. The van der Waals surface area contributed by atoms with Gasteiger partial charge in [-0.2, -0.15) is 0 Å². The first-order chi connectivity index (χ1) is 12.1. The maximum absolute atomic E-state index is 12.2. The van der Waals surface area contributed by atoms with Crippen LogP contribution >= 0.6 is 11.6 Å². The highest BCUT2D eigenvalue weighted by Gasteiger charge is 2.10. The van der Waals surface area contributed by atoms with Crippen molar-refractivity contribution in [2.24, 2.45) is 0 Å². The molecule has 4 nitrogen and oxygen atoms in total. The highest BCUT2D eigenvalue weighted by atomic mass is 35.5. The van der Waals surface area contributed by atoms with Crippen LogP contribution in [0.25, 0.3) is 27.8 Å². The van der Waals surface area contributed by atoms with Crippen LogP contribution in [0.2, 0.25) is 5.02 Å². The van der Waals surface area contributed by atoms with Crippen LogP contribution in [0.15, 0.2) is 72.0 Å². The van der Waals surface area contributed by atoms with E-state index in [1.54, 1.807) is 24.8 Å². The topological polar surface area (TPSA) is 47.8 Å². The van der Waals surface area contributed by atoms with E-state index in [1.807, 2.05) is 47.9 Å². The van der Waals surface area contributed by atoms with Gasteiger partial charge in [0.2, 0.25) is 5.43 Å². The Morgan fingerprint density at radius 3 is 2.60 bits per heavy atom. The molecule has 5 heteroatoms. The van der Waals surface area contributed by atoms with Crippen molar-refractivity contribution < 1.29 is 0 Å². The van der Waals surface area contributed by atoms with Crippen molar-refractivity contribution in [1.82, 2.24) is 14.5 Å². The number of benzene rings is 1. The Hall–Kier alpha value is -2.98. The van der Waals surface area contributed by atoms with E-state index in [4.69, 9.17) is 11.6 Å². The summed E-state index contributed by atoms with van der Waals surface area (Å²) < 4.78 is 1.91. The second kappa shape index (κ2) is 6.15.